The molecule has 2 N–H and O–H groups in total. The first kappa shape index (κ1) is 15.9. The van der Waals surface area contributed by atoms with Crippen LogP contribution in [0.25, 0.3) is 0 Å². The Morgan fingerprint density at radius 1 is 1.33 bits per heavy atom. The second-order valence-corrected chi connectivity index (χ2v) is 5.75. The Kier molecular flexibility index (Phi) is 3.71. The summed E-state index contributed by atoms with van der Waals surface area (Å²) in [5, 5.41) is 11.0. The van der Waals surface area contributed by atoms with Crippen LogP contribution in [0.4, 0.5) is 10.1 Å². The first-order valence-corrected chi connectivity index (χ1v) is 7.32. The average Bonchev–Trinajstić information content (AvgIpc) is 3.35. The van der Waals surface area contributed by atoms with Crippen molar-refractivity contribution in [3.63, 3.8) is 0 Å². The largest absolute Gasteiger partial charge is 0.496 e. The lowest BCUT2D eigenvalue weighted by atomic mass is 9.84. The summed E-state index contributed by atoms with van der Waals surface area (Å²) in [5.74, 6) is -1.02. The van der Waals surface area contributed by atoms with Gasteiger partial charge in [0, 0.05) is 22.6 Å². The summed E-state index contributed by atoms with van der Waals surface area (Å²) in [6.07, 6.45) is 1.33. The van der Waals surface area contributed by atoms with Crippen LogP contribution in [0.3, 0.4) is 0 Å². The monoisotopic (exact) mass is 330 g/mol. The Morgan fingerprint density at radius 3 is 2.58 bits per heavy atom. The summed E-state index contributed by atoms with van der Waals surface area (Å²) in [4.78, 5) is 22.1. The Balaban J connectivity index is 2.22. The third-order valence-electron chi connectivity index (χ3n) is 4.44. The number of hydrogen-bond acceptors (Lipinski definition) is 4. The van der Waals surface area contributed by atoms with Crippen LogP contribution in [-0.2, 0) is 5.41 Å². The smallest absolute Gasteiger partial charge is 0.305 e. The molecular weight excluding hydrogens is 315 g/mol. The molecule has 0 atom stereocenters. The van der Waals surface area contributed by atoms with E-state index in [1.165, 1.54) is 19.2 Å². The fourth-order valence-corrected chi connectivity index (χ4v) is 3.16. The van der Waals surface area contributed by atoms with E-state index in [-0.39, 0.29) is 0 Å². The highest BCUT2D eigenvalue weighted by molar-refractivity contribution is 5.96. The molecule has 0 heterocycles. The number of halogens is 1. The zero-order valence-electron chi connectivity index (χ0n) is 12.9. The molecule has 124 valence electrons. The van der Waals surface area contributed by atoms with Crippen LogP contribution in [0, 0.1) is 15.9 Å². The SMILES string of the molecule is COc1cccc(C(N)=O)c1C1(c2ccc(F)c([N+](=O)[O-])c2)CC1. The molecule has 7 heteroatoms. The minimum atomic E-state index is -0.894. The number of rotatable bonds is 5. The summed E-state index contributed by atoms with van der Waals surface area (Å²) < 4.78 is 19.0. The standard InChI is InChI=1S/C17H15FN2O4/c1-24-14-4-2-3-11(16(19)21)15(14)17(7-8-17)10-5-6-12(18)13(9-10)20(22)23/h2-6,9H,7-8H2,1H3,(H2,19,21). The molecule has 2 aromatic carbocycles. The minimum Gasteiger partial charge on any atom is -0.496 e. The van der Waals surface area contributed by atoms with Gasteiger partial charge in [0.1, 0.15) is 5.75 Å². The number of methoxy groups -OCH3 is 1. The molecular formula is C17H15FN2O4. The Bertz CT molecular complexity index is 846. The third kappa shape index (κ3) is 2.38. The number of nitrogens with zero attached hydrogens (tertiary/aromatic N) is 1. The van der Waals surface area contributed by atoms with Gasteiger partial charge in [-0.15, -0.1) is 0 Å². The third-order valence-corrected chi connectivity index (χ3v) is 4.44. The van der Waals surface area contributed by atoms with Gasteiger partial charge in [0.05, 0.1) is 12.0 Å². The number of ether oxygens (including phenoxy) is 1. The van der Waals surface area contributed by atoms with E-state index in [1.807, 2.05) is 0 Å². The highest BCUT2D eigenvalue weighted by atomic mass is 19.1. The number of hydrogen-bond donors (Lipinski definition) is 1. The quantitative estimate of drug-likeness (QED) is 0.673. The van der Waals surface area contributed by atoms with E-state index < -0.39 is 27.8 Å². The predicted octanol–water partition coefficient (Wildman–Crippen LogP) is 2.92. The van der Waals surface area contributed by atoms with E-state index in [1.54, 1.807) is 18.2 Å². The van der Waals surface area contributed by atoms with Crippen LogP contribution < -0.4 is 10.5 Å². The van der Waals surface area contributed by atoms with E-state index in [2.05, 4.69) is 0 Å². The van der Waals surface area contributed by atoms with Crippen molar-refractivity contribution in [3.8, 4) is 5.75 Å². The summed E-state index contributed by atoms with van der Waals surface area (Å²) in [6.45, 7) is 0. The first-order chi connectivity index (χ1) is 11.4. The fraction of sp³-hybridized carbons (Fsp3) is 0.235. The van der Waals surface area contributed by atoms with E-state index >= 15 is 0 Å². The molecule has 0 spiro atoms. The van der Waals surface area contributed by atoms with Gasteiger partial charge in [-0.25, -0.2) is 0 Å². The van der Waals surface area contributed by atoms with Crippen LogP contribution in [0.5, 0.6) is 5.75 Å². The van der Waals surface area contributed by atoms with Crippen molar-refractivity contribution in [2.45, 2.75) is 18.3 Å². The van der Waals surface area contributed by atoms with Gasteiger partial charge in [0.15, 0.2) is 0 Å². The lowest BCUT2D eigenvalue weighted by Crippen LogP contribution is -2.20. The molecule has 0 saturated heterocycles. The van der Waals surface area contributed by atoms with Crippen LogP contribution in [0.2, 0.25) is 0 Å². The Hall–Kier alpha value is -2.96. The normalized spacial score (nSPS) is 14.9. The summed E-state index contributed by atoms with van der Waals surface area (Å²) in [6, 6.07) is 8.77. The summed E-state index contributed by atoms with van der Waals surface area (Å²) >= 11 is 0. The van der Waals surface area contributed by atoms with E-state index in [9.17, 15) is 19.3 Å². The van der Waals surface area contributed by atoms with Crippen molar-refractivity contribution in [3.05, 3.63) is 69.0 Å². The molecule has 0 aliphatic heterocycles. The fourth-order valence-electron chi connectivity index (χ4n) is 3.16. The van der Waals surface area contributed by atoms with Gasteiger partial charge in [-0.3, -0.25) is 14.9 Å². The number of nitro groups is 1. The zero-order valence-corrected chi connectivity index (χ0v) is 12.9. The Morgan fingerprint density at radius 2 is 2.04 bits per heavy atom. The van der Waals surface area contributed by atoms with Crippen molar-refractivity contribution in [2.75, 3.05) is 7.11 Å². The van der Waals surface area contributed by atoms with Gasteiger partial charge >= 0.3 is 5.69 Å². The highest BCUT2D eigenvalue weighted by Crippen LogP contribution is 2.57. The lowest BCUT2D eigenvalue weighted by molar-refractivity contribution is -0.387. The second kappa shape index (κ2) is 5.59. The average molecular weight is 330 g/mol. The Labute approximate surface area is 137 Å². The molecule has 24 heavy (non-hydrogen) atoms. The topological polar surface area (TPSA) is 95.5 Å². The van der Waals surface area contributed by atoms with E-state index in [0.29, 0.717) is 35.3 Å². The van der Waals surface area contributed by atoms with Crippen LogP contribution >= 0.6 is 0 Å². The number of primary amides is 1. The number of carbonyl (C=O) groups excluding carboxylic acids is 1. The molecule has 1 fully saturated rings. The molecule has 1 saturated carbocycles. The number of nitrogens with two attached hydrogens (primary N) is 1. The number of carbonyl (C=O) groups is 1. The zero-order chi connectivity index (χ0) is 17.5. The summed E-state index contributed by atoms with van der Waals surface area (Å²) in [5.41, 5.74) is 5.74. The molecule has 3 rings (SSSR count). The first-order valence-electron chi connectivity index (χ1n) is 7.32. The molecule has 2 aromatic rings. The van der Waals surface area contributed by atoms with Gasteiger partial charge in [-0.1, -0.05) is 12.1 Å². The van der Waals surface area contributed by atoms with Crippen molar-refractivity contribution >= 4 is 11.6 Å². The molecule has 1 amide bonds. The van der Waals surface area contributed by atoms with E-state index in [4.69, 9.17) is 10.5 Å². The summed E-state index contributed by atoms with van der Waals surface area (Å²) in [7, 11) is 1.48. The maximum Gasteiger partial charge on any atom is 0.305 e. The highest BCUT2D eigenvalue weighted by Gasteiger charge is 2.50. The number of benzene rings is 2. The number of amides is 1. The van der Waals surface area contributed by atoms with Gasteiger partial charge in [-0.2, -0.15) is 4.39 Å². The van der Waals surface area contributed by atoms with E-state index in [0.717, 1.165) is 6.07 Å². The maximum absolute atomic E-state index is 13.6. The van der Waals surface area contributed by atoms with Crippen LogP contribution in [-0.4, -0.2) is 17.9 Å². The molecule has 1 aliphatic rings. The van der Waals surface area contributed by atoms with Crippen molar-refractivity contribution in [1.82, 2.24) is 0 Å². The van der Waals surface area contributed by atoms with Gasteiger partial charge in [-0.05, 0) is 36.6 Å². The van der Waals surface area contributed by atoms with Gasteiger partial charge in [0.2, 0.25) is 11.7 Å². The van der Waals surface area contributed by atoms with Gasteiger partial charge < -0.3 is 10.5 Å². The predicted molar refractivity (Wildman–Crippen MR) is 84.6 cm³/mol. The molecule has 0 bridgehead atoms. The molecule has 1 aliphatic carbocycles. The molecule has 0 radical (unpaired) electrons. The van der Waals surface area contributed by atoms with Gasteiger partial charge in [0.25, 0.3) is 0 Å². The molecule has 6 nitrogen and oxygen atoms in total. The van der Waals surface area contributed by atoms with Crippen LogP contribution in [0.15, 0.2) is 36.4 Å². The molecule has 0 unspecified atom stereocenters. The number of nitro benzene ring substituents is 1. The van der Waals surface area contributed by atoms with Crippen molar-refractivity contribution in [1.29, 1.82) is 0 Å². The molecule has 0 aromatic heterocycles. The second-order valence-electron chi connectivity index (χ2n) is 5.75. The van der Waals surface area contributed by atoms with Crippen molar-refractivity contribution < 1.29 is 18.8 Å². The van der Waals surface area contributed by atoms with Crippen LogP contribution in [0.1, 0.15) is 34.3 Å². The minimum absolute atomic E-state index is 0.304. The maximum atomic E-state index is 13.6. The van der Waals surface area contributed by atoms with Crippen molar-refractivity contribution in [2.24, 2.45) is 5.73 Å². The lowest BCUT2D eigenvalue weighted by Gasteiger charge is -2.22.